The minimum absolute atomic E-state index is 0.0583. The van der Waals surface area contributed by atoms with Gasteiger partial charge >= 0.3 is 22.0 Å². The summed E-state index contributed by atoms with van der Waals surface area (Å²) in [7, 11) is -3.23. The first-order chi connectivity index (χ1) is 11.2. The van der Waals surface area contributed by atoms with Gasteiger partial charge in [-0.3, -0.25) is 0 Å². The van der Waals surface area contributed by atoms with Crippen molar-refractivity contribution in [3.05, 3.63) is 59.7 Å². The molecule has 128 valence electrons. The van der Waals surface area contributed by atoms with Crippen LogP contribution in [0.5, 0.6) is 5.75 Å². The van der Waals surface area contributed by atoms with E-state index in [4.69, 9.17) is 4.18 Å². The molecule has 0 unspecified atom stereocenters. The van der Waals surface area contributed by atoms with Gasteiger partial charge in [-0.1, -0.05) is 17.7 Å². The quantitative estimate of drug-likeness (QED) is 0.608. The maximum atomic E-state index is 13.7. The lowest BCUT2D eigenvalue weighted by Crippen LogP contribution is -2.27. The highest BCUT2D eigenvalue weighted by Gasteiger charge is 2.42. The van der Waals surface area contributed by atoms with E-state index in [2.05, 4.69) is 4.74 Å². The number of ether oxygens (including phenoxy) is 1. The summed E-state index contributed by atoms with van der Waals surface area (Å²) in [6.07, 6.45) is 0. The number of rotatable bonds is 5. The van der Waals surface area contributed by atoms with Crippen molar-refractivity contribution in [1.82, 2.24) is 0 Å². The average Bonchev–Trinajstić information content (AvgIpc) is 2.54. The molecule has 0 bridgehead atoms. The fourth-order valence-corrected chi connectivity index (χ4v) is 2.78. The molecule has 0 aliphatic rings. The van der Waals surface area contributed by atoms with Gasteiger partial charge in [0.25, 0.3) is 0 Å². The van der Waals surface area contributed by atoms with E-state index >= 15 is 0 Å². The predicted molar refractivity (Wildman–Crippen MR) is 81.3 cm³/mol. The Bertz CT molecular complexity index is 828. The largest absolute Gasteiger partial charge is 0.464 e. The second kappa shape index (κ2) is 6.56. The first-order valence-corrected chi connectivity index (χ1v) is 8.15. The van der Waals surface area contributed by atoms with Crippen molar-refractivity contribution in [1.29, 1.82) is 0 Å². The number of esters is 1. The molecule has 0 heterocycles. The number of alkyl halides is 2. The Labute approximate surface area is 138 Å². The summed E-state index contributed by atoms with van der Waals surface area (Å²) in [4.78, 5) is 11.0. The lowest BCUT2D eigenvalue weighted by molar-refractivity contribution is -0.170. The highest BCUT2D eigenvalue weighted by Crippen LogP contribution is 2.31. The molecule has 8 heteroatoms. The van der Waals surface area contributed by atoms with Crippen molar-refractivity contribution >= 4 is 16.1 Å². The molecule has 0 aliphatic carbocycles. The van der Waals surface area contributed by atoms with Crippen LogP contribution in [0.25, 0.3) is 0 Å². The molecular weight excluding hydrogens is 342 g/mol. The number of methoxy groups -OCH3 is 1. The van der Waals surface area contributed by atoms with E-state index in [0.29, 0.717) is 0 Å². The smallest absolute Gasteiger partial charge is 0.381 e. The summed E-state index contributed by atoms with van der Waals surface area (Å²) in [6.45, 7) is 1.80. The highest BCUT2D eigenvalue weighted by atomic mass is 32.2. The SMILES string of the molecule is COC(=O)C(F)(F)c1ccc(OS(=O)(=O)c2ccc(C)cc2)cc1. The van der Waals surface area contributed by atoms with Crippen molar-refractivity contribution in [2.75, 3.05) is 7.11 Å². The Morgan fingerprint density at radius 3 is 2.04 bits per heavy atom. The fraction of sp³-hybridized carbons (Fsp3) is 0.188. The molecular formula is C16H14F2O5S. The molecule has 5 nitrogen and oxygen atoms in total. The van der Waals surface area contributed by atoms with Gasteiger partial charge in [0.2, 0.25) is 0 Å². The van der Waals surface area contributed by atoms with Crippen LogP contribution in [-0.4, -0.2) is 21.5 Å². The van der Waals surface area contributed by atoms with E-state index in [-0.39, 0.29) is 10.6 Å². The number of carbonyl (C=O) groups is 1. The topological polar surface area (TPSA) is 69.7 Å². The molecule has 0 radical (unpaired) electrons. The Morgan fingerprint density at radius 2 is 1.54 bits per heavy atom. The van der Waals surface area contributed by atoms with Gasteiger partial charge in [-0.2, -0.15) is 17.2 Å². The van der Waals surface area contributed by atoms with Crippen LogP contribution >= 0.6 is 0 Å². The van der Waals surface area contributed by atoms with E-state index in [9.17, 15) is 22.0 Å². The molecule has 0 atom stereocenters. The van der Waals surface area contributed by atoms with E-state index in [0.717, 1.165) is 36.9 Å². The minimum atomic E-state index is -4.08. The lowest BCUT2D eigenvalue weighted by atomic mass is 10.1. The molecule has 2 rings (SSSR count). The van der Waals surface area contributed by atoms with E-state index < -0.39 is 27.6 Å². The summed E-state index contributed by atoms with van der Waals surface area (Å²) in [5.74, 6) is -5.69. The lowest BCUT2D eigenvalue weighted by Gasteiger charge is -2.14. The van der Waals surface area contributed by atoms with Gasteiger partial charge in [0.15, 0.2) is 0 Å². The van der Waals surface area contributed by atoms with Crippen LogP contribution in [0.2, 0.25) is 0 Å². The van der Waals surface area contributed by atoms with Crippen LogP contribution in [0.4, 0.5) is 8.78 Å². The first-order valence-electron chi connectivity index (χ1n) is 6.75. The van der Waals surface area contributed by atoms with Gasteiger partial charge in [0.1, 0.15) is 10.6 Å². The molecule has 0 aromatic heterocycles. The zero-order chi connectivity index (χ0) is 18.0. The summed E-state index contributed by atoms with van der Waals surface area (Å²) in [5.41, 5.74) is 0.248. The summed E-state index contributed by atoms with van der Waals surface area (Å²) in [6, 6.07) is 9.85. The van der Waals surface area contributed by atoms with E-state index in [1.165, 1.54) is 12.1 Å². The Balaban J connectivity index is 2.23. The Kier molecular flexibility index (Phi) is 4.88. The zero-order valence-electron chi connectivity index (χ0n) is 12.8. The van der Waals surface area contributed by atoms with Crippen LogP contribution in [0, 0.1) is 6.92 Å². The number of hydrogen-bond acceptors (Lipinski definition) is 5. The maximum Gasteiger partial charge on any atom is 0.381 e. The fourth-order valence-electron chi connectivity index (χ4n) is 1.85. The third-order valence-corrected chi connectivity index (χ3v) is 4.44. The van der Waals surface area contributed by atoms with Crippen molar-refractivity contribution < 1.29 is 30.9 Å². The number of aryl methyl sites for hydroxylation is 1. The second-order valence-electron chi connectivity index (χ2n) is 4.94. The van der Waals surface area contributed by atoms with Crippen LogP contribution in [0.15, 0.2) is 53.4 Å². The molecule has 2 aromatic carbocycles. The van der Waals surface area contributed by atoms with E-state index in [1.54, 1.807) is 19.1 Å². The van der Waals surface area contributed by atoms with Gasteiger partial charge < -0.3 is 8.92 Å². The van der Waals surface area contributed by atoms with Crippen molar-refractivity contribution in [2.45, 2.75) is 17.7 Å². The Morgan fingerprint density at radius 1 is 1.00 bits per heavy atom. The maximum absolute atomic E-state index is 13.7. The third-order valence-electron chi connectivity index (χ3n) is 3.17. The molecule has 0 aliphatic heterocycles. The van der Waals surface area contributed by atoms with Crippen LogP contribution in [0.3, 0.4) is 0 Å². The highest BCUT2D eigenvalue weighted by molar-refractivity contribution is 7.87. The molecule has 0 amide bonds. The number of benzene rings is 2. The van der Waals surface area contributed by atoms with Crippen molar-refractivity contribution in [3.8, 4) is 5.75 Å². The molecule has 0 fully saturated rings. The standard InChI is InChI=1S/C16H14F2O5S/c1-11-3-9-14(10-4-11)24(20,21)23-13-7-5-12(6-8-13)16(17,18)15(19)22-2/h3-10H,1-2H3. The van der Waals surface area contributed by atoms with Gasteiger partial charge in [-0.15, -0.1) is 0 Å². The average molecular weight is 356 g/mol. The Hall–Kier alpha value is -2.48. The second-order valence-corrected chi connectivity index (χ2v) is 6.49. The number of halogens is 2. The van der Waals surface area contributed by atoms with Crippen LogP contribution < -0.4 is 4.18 Å². The van der Waals surface area contributed by atoms with Crippen LogP contribution in [0.1, 0.15) is 11.1 Å². The molecule has 2 aromatic rings. The first kappa shape index (κ1) is 17.9. The molecule has 0 spiro atoms. The van der Waals surface area contributed by atoms with Crippen molar-refractivity contribution in [2.24, 2.45) is 0 Å². The van der Waals surface area contributed by atoms with Gasteiger partial charge in [-0.05, 0) is 43.3 Å². The molecule has 0 N–H and O–H groups in total. The molecule has 0 saturated carbocycles. The number of hydrogen-bond donors (Lipinski definition) is 0. The van der Waals surface area contributed by atoms with Crippen molar-refractivity contribution in [3.63, 3.8) is 0 Å². The monoisotopic (exact) mass is 356 g/mol. The summed E-state index contributed by atoms with van der Waals surface area (Å²) < 4.78 is 60.5. The van der Waals surface area contributed by atoms with Crippen LogP contribution in [-0.2, 0) is 25.6 Å². The summed E-state index contributed by atoms with van der Waals surface area (Å²) >= 11 is 0. The number of carbonyl (C=O) groups excluding carboxylic acids is 1. The minimum Gasteiger partial charge on any atom is -0.464 e. The van der Waals surface area contributed by atoms with Gasteiger partial charge in [-0.25, -0.2) is 4.79 Å². The van der Waals surface area contributed by atoms with E-state index in [1.807, 2.05) is 0 Å². The zero-order valence-corrected chi connectivity index (χ0v) is 13.6. The summed E-state index contributed by atoms with van der Waals surface area (Å²) in [5, 5.41) is 0. The van der Waals surface area contributed by atoms with Gasteiger partial charge in [0.05, 0.1) is 7.11 Å². The third kappa shape index (κ3) is 3.70. The molecule has 24 heavy (non-hydrogen) atoms. The van der Waals surface area contributed by atoms with Gasteiger partial charge in [0, 0.05) is 5.56 Å². The molecule has 0 saturated heterocycles. The predicted octanol–water partition coefficient (Wildman–Crippen LogP) is 3.03. The normalized spacial score (nSPS) is 11.8.